The van der Waals surface area contributed by atoms with Crippen LogP contribution in [0.5, 0.6) is 5.75 Å². The lowest BCUT2D eigenvalue weighted by atomic mass is 10.1. The number of nitrogens with zero attached hydrogens (tertiary/aromatic N) is 2. The molecule has 4 rings (SSSR count). The van der Waals surface area contributed by atoms with Crippen LogP contribution in [0.2, 0.25) is 0 Å². The third-order valence-electron chi connectivity index (χ3n) is 6.48. The molecule has 1 atom stereocenters. The molecule has 0 amide bonds. The summed E-state index contributed by atoms with van der Waals surface area (Å²) in [5, 5.41) is 2.56. The summed E-state index contributed by atoms with van der Waals surface area (Å²) in [5.74, 6) is 0.983. The number of hydrogen-bond donors (Lipinski definition) is 0. The van der Waals surface area contributed by atoms with Crippen LogP contribution in [0.3, 0.4) is 0 Å². The molecule has 31 heavy (non-hydrogen) atoms. The molecule has 3 nitrogen and oxygen atoms in total. The number of benzene rings is 3. The highest BCUT2D eigenvalue weighted by atomic mass is 16.5. The Morgan fingerprint density at radius 2 is 1.68 bits per heavy atom. The zero-order valence-electron chi connectivity index (χ0n) is 19.1. The Balaban J connectivity index is 1.22. The lowest BCUT2D eigenvalue weighted by Crippen LogP contribution is -2.31. The van der Waals surface area contributed by atoms with Crippen molar-refractivity contribution in [2.75, 3.05) is 33.8 Å². The molecule has 0 N–H and O–H groups in total. The average molecular weight is 417 g/mol. The van der Waals surface area contributed by atoms with Gasteiger partial charge in [0.25, 0.3) is 0 Å². The molecule has 0 saturated carbocycles. The van der Waals surface area contributed by atoms with Crippen LogP contribution < -0.4 is 4.74 Å². The topological polar surface area (TPSA) is 15.7 Å². The van der Waals surface area contributed by atoms with E-state index in [1.54, 1.807) is 0 Å². The van der Waals surface area contributed by atoms with Gasteiger partial charge in [0.15, 0.2) is 0 Å². The number of unbranched alkanes of at least 4 members (excludes halogenated alkanes) is 2. The monoisotopic (exact) mass is 416 g/mol. The fourth-order valence-corrected chi connectivity index (χ4v) is 4.54. The van der Waals surface area contributed by atoms with Gasteiger partial charge in [0, 0.05) is 25.7 Å². The number of fused-ring (bicyclic) bond motifs is 1. The maximum absolute atomic E-state index is 6.03. The Bertz CT molecular complexity index is 954. The molecule has 1 saturated heterocycles. The van der Waals surface area contributed by atoms with E-state index in [-0.39, 0.29) is 0 Å². The molecule has 3 heteroatoms. The molecule has 164 valence electrons. The van der Waals surface area contributed by atoms with Gasteiger partial charge in [0.05, 0.1) is 6.61 Å². The molecule has 0 bridgehead atoms. The van der Waals surface area contributed by atoms with Crippen LogP contribution in [0.25, 0.3) is 10.8 Å². The van der Waals surface area contributed by atoms with E-state index in [2.05, 4.69) is 90.6 Å². The molecule has 0 radical (unpaired) electrons. The van der Waals surface area contributed by atoms with Gasteiger partial charge in [-0.3, -0.25) is 4.90 Å². The van der Waals surface area contributed by atoms with Crippen LogP contribution in [0.4, 0.5) is 0 Å². The SMILES string of the molecule is CN(C)[C@H]1CCN(Cc2ccc3cc(OCCCCCc4ccccc4)ccc3c2)C1. The number of likely N-dealkylation sites (N-methyl/N-ethyl adjacent to an activating group) is 1. The first-order valence-electron chi connectivity index (χ1n) is 11.8. The van der Waals surface area contributed by atoms with E-state index in [9.17, 15) is 0 Å². The summed E-state index contributed by atoms with van der Waals surface area (Å²) in [7, 11) is 4.38. The van der Waals surface area contributed by atoms with E-state index >= 15 is 0 Å². The number of ether oxygens (including phenoxy) is 1. The van der Waals surface area contributed by atoms with Crippen LogP contribution in [-0.4, -0.2) is 49.6 Å². The van der Waals surface area contributed by atoms with Gasteiger partial charge in [0.2, 0.25) is 0 Å². The molecular formula is C28H36N2O. The molecule has 0 spiro atoms. The van der Waals surface area contributed by atoms with Gasteiger partial charge in [-0.1, -0.05) is 48.5 Å². The summed E-state index contributed by atoms with van der Waals surface area (Å²) < 4.78 is 6.03. The third-order valence-corrected chi connectivity index (χ3v) is 6.48. The summed E-state index contributed by atoms with van der Waals surface area (Å²) >= 11 is 0. The zero-order chi connectivity index (χ0) is 21.5. The van der Waals surface area contributed by atoms with Crippen molar-refractivity contribution in [2.45, 2.75) is 44.7 Å². The van der Waals surface area contributed by atoms with Gasteiger partial charge < -0.3 is 9.64 Å². The second kappa shape index (κ2) is 10.8. The fraction of sp³-hybridized carbons (Fsp3) is 0.429. The van der Waals surface area contributed by atoms with Gasteiger partial charge in [-0.15, -0.1) is 0 Å². The molecule has 0 unspecified atom stereocenters. The molecule has 1 heterocycles. The molecule has 0 aliphatic carbocycles. The Labute approximate surface area is 187 Å². The normalized spacial score (nSPS) is 16.9. The lowest BCUT2D eigenvalue weighted by molar-refractivity contribution is 0.265. The first kappa shape index (κ1) is 21.9. The van der Waals surface area contributed by atoms with Crippen molar-refractivity contribution >= 4 is 10.8 Å². The third kappa shape index (κ3) is 6.32. The molecule has 0 aromatic heterocycles. The molecule has 3 aromatic carbocycles. The van der Waals surface area contributed by atoms with Crippen LogP contribution in [-0.2, 0) is 13.0 Å². The minimum absolute atomic E-state index is 0.693. The van der Waals surface area contributed by atoms with Gasteiger partial charge in [-0.05, 0) is 86.3 Å². The van der Waals surface area contributed by atoms with E-state index in [1.165, 1.54) is 54.3 Å². The quantitative estimate of drug-likeness (QED) is 0.390. The summed E-state index contributed by atoms with van der Waals surface area (Å²) in [5.41, 5.74) is 2.83. The fourth-order valence-electron chi connectivity index (χ4n) is 4.54. The standard InChI is InChI=1S/C28H36N2O/c1-29(2)27-16-17-30(22-27)21-24-12-13-26-20-28(15-14-25(26)19-24)31-18-8-4-7-11-23-9-5-3-6-10-23/h3,5-6,9-10,12-15,19-20,27H,4,7-8,11,16-18,21-22H2,1-2H3/t27-/m0/s1. The van der Waals surface area contributed by atoms with Crippen molar-refractivity contribution in [1.29, 1.82) is 0 Å². The van der Waals surface area contributed by atoms with E-state index in [4.69, 9.17) is 4.74 Å². The minimum Gasteiger partial charge on any atom is -0.494 e. The Kier molecular flexibility index (Phi) is 7.61. The van der Waals surface area contributed by atoms with Gasteiger partial charge in [-0.2, -0.15) is 0 Å². The van der Waals surface area contributed by atoms with Gasteiger partial charge in [0.1, 0.15) is 5.75 Å². The van der Waals surface area contributed by atoms with E-state index < -0.39 is 0 Å². The highest BCUT2D eigenvalue weighted by Gasteiger charge is 2.23. The first-order chi connectivity index (χ1) is 15.2. The van der Waals surface area contributed by atoms with Crippen molar-refractivity contribution < 1.29 is 4.74 Å². The lowest BCUT2D eigenvalue weighted by Gasteiger charge is -2.20. The van der Waals surface area contributed by atoms with Crippen LogP contribution in [0, 0.1) is 0 Å². The number of hydrogen-bond acceptors (Lipinski definition) is 3. The van der Waals surface area contributed by atoms with Crippen LogP contribution in [0.1, 0.15) is 36.8 Å². The van der Waals surface area contributed by atoms with E-state index in [1.807, 2.05) is 0 Å². The van der Waals surface area contributed by atoms with E-state index in [0.29, 0.717) is 6.04 Å². The second-order valence-corrected chi connectivity index (χ2v) is 9.13. The van der Waals surface area contributed by atoms with Gasteiger partial charge >= 0.3 is 0 Å². The summed E-state index contributed by atoms with van der Waals surface area (Å²) in [6.45, 7) is 4.20. The van der Waals surface area contributed by atoms with E-state index in [0.717, 1.165) is 31.7 Å². The predicted octanol–water partition coefficient (Wildman–Crippen LogP) is 5.77. The van der Waals surface area contributed by atoms with Crippen LogP contribution >= 0.6 is 0 Å². The summed E-state index contributed by atoms with van der Waals surface area (Å²) in [6.07, 6.45) is 5.96. The first-order valence-corrected chi connectivity index (χ1v) is 11.8. The molecule has 1 fully saturated rings. The highest BCUT2D eigenvalue weighted by Crippen LogP contribution is 2.24. The molecular weight excluding hydrogens is 380 g/mol. The van der Waals surface area contributed by atoms with Crippen LogP contribution in [0.15, 0.2) is 66.7 Å². The van der Waals surface area contributed by atoms with Crippen molar-refractivity contribution in [3.8, 4) is 5.75 Å². The van der Waals surface area contributed by atoms with Crippen molar-refractivity contribution in [1.82, 2.24) is 9.80 Å². The minimum atomic E-state index is 0.693. The van der Waals surface area contributed by atoms with Crippen molar-refractivity contribution in [3.05, 3.63) is 77.9 Å². The maximum atomic E-state index is 6.03. The molecule has 1 aliphatic rings. The van der Waals surface area contributed by atoms with Crippen molar-refractivity contribution in [3.63, 3.8) is 0 Å². The summed E-state index contributed by atoms with van der Waals surface area (Å²) in [4.78, 5) is 4.92. The molecule has 3 aromatic rings. The smallest absolute Gasteiger partial charge is 0.119 e. The maximum Gasteiger partial charge on any atom is 0.119 e. The second-order valence-electron chi connectivity index (χ2n) is 9.13. The number of aryl methyl sites for hydroxylation is 1. The highest BCUT2D eigenvalue weighted by molar-refractivity contribution is 5.84. The molecule has 1 aliphatic heterocycles. The zero-order valence-corrected chi connectivity index (χ0v) is 19.1. The number of likely N-dealkylation sites (tertiary alicyclic amines) is 1. The number of rotatable bonds is 10. The Morgan fingerprint density at radius 1 is 0.871 bits per heavy atom. The Morgan fingerprint density at radius 3 is 2.48 bits per heavy atom. The predicted molar refractivity (Wildman–Crippen MR) is 131 cm³/mol. The van der Waals surface area contributed by atoms with Crippen molar-refractivity contribution in [2.24, 2.45) is 0 Å². The summed E-state index contributed by atoms with van der Waals surface area (Å²) in [6, 6.07) is 24.8. The van der Waals surface area contributed by atoms with Gasteiger partial charge in [-0.25, -0.2) is 0 Å². The average Bonchev–Trinajstić information content (AvgIpc) is 3.26. The largest absolute Gasteiger partial charge is 0.494 e. The Hall–Kier alpha value is -2.36.